The normalized spacial score (nSPS) is 10.6. The minimum Gasteiger partial charge on any atom is -0.493 e. The van der Waals surface area contributed by atoms with Crippen LogP contribution in [0.2, 0.25) is 0 Å². The monoisotopic (exact) mass is 500 g/mol. The number of carbonyl (C=O) groups excluding carboxylic acids is 2. The quantitative estimate of drug-likeness (QED) is 0.180. The van der Waals surface area contributed by atoms with Crippen molar-refractivity contribution >= 4 is 40.7 Å². The van der Waals surface area contributed by atoms with Gasteiger partial charge in [0.2, 0.25) is 0 Å². The van der Waals surface area contributed by atoms with Crippen molar-refractivity contribution < 1.29 is 19.1 Å². The standard InChI is InChI=1S/C22H17IN2O4/c1-28-20-13-15(14-24-25-21(26)17-9-5-6-10-18(17)23)11-12-19(20)29-22(27)16-7-3-2-4-8-16/h2-14H,1H3,(H,25,26). The number of hydrazone groups is 1. The van der Waals surface area contributed by atoms with Crippen LogP contribution in [0, 0.1) is 3.57 Å². The lowest BCUT2D eigenvalue weighted by atomic mass is 10.2. The van der Waals surface area contributed by atoms with Crippen molar-refractivity contribution in [3.8, 4) is 11.5 Å². The average Bonchev–Trinajstić information content (AvgIpc) is 2.75. The maximum absolute atomic E-state index is 12.2. The van der Waals surface area contributed by atoms with E-state index in [4.69, 9.17) is 9.47 Å². The number of esters is 1. The van der Waals surface area contributed by atoms with Crippen molar-refractivity contribution in [3.63, 3.8) is 0 Å². The molecule has 1 amide bonds. The molecule has 0 aliphatic heterocycles. The molecule has 0 aromatic heterocycles. The van der Waals surface area contributed by atoms with Gasteiger partial charge in [-0.15, -0.1) is 0 Å². The second kappa shape index (κ2) is 9.83. The molecule has 0 bridgehead atoms. The van der Waals surface area contributed by atoms with Crippen molar-refractivity contribution in [2.24, 2.45) is 5.10 Å². The zero-order chi connectivity index (χ0) is 20.6. The Balaban J connectivity index is 1.68. The molecular formula is C22H17IN2O4. The molecule has 0 saturated carbocycles. The molecule has 0 aliphatic carbocycles. The number of hydrogen-bond donors (Lipinski definition) is 1. The van der Waals surface area contributed by atoms with Crippen LogP contribution in [0.3, 0.4) is 0 Å². The van der Waals surface area contributed by atoms with E-state index in [1.54, 1.807) is 54.6 Å². The Kier molecular flexibility index (Phi) is 6.96. The maximum atomic E-state index is 12.2. The molecular weight excluding hydrogens is 483 g/mol. The van der Waals surface area contributed by atoms with Crippen LogP contribution in [0.4, 0.5) is 0 Å². The Hall–Kier alpha value is -3.20. The van der Waals surface area contributed by atoms with Gasteiger partial charge in [-0.1, -0.05) is 30.3 Å². The molecule has 0 spiro atoms. The molecule has 0 heterocycles. The molecule has 146 valence electrons. The maximum Gasteiger partial charge on any atom is 0.343 e. The molecule has 0 saturated heterocycles. The minimum atomic E-state index is -0.477. The van der Waals surface area contributed by atoms with E-state index in [-0.39, 0.29) is 5.91 Å². The second-order valence-corrected chi connectivity index (χ2v) is 7.01. The third kappa shape index (κ3) is 5.41. The van der Waals surface area contributed by atoms with E-state index >= 15 is 0 Å². The molecule has 0 fully saturated rings. The Morgan fingerprint density at radius 1 is 0.966 bits per heavy atom. The molecule has 0 aliphatic rings. The van der Waals surface area contributed by atoms with Crippen LogP contribution >= 0.6 is 22.6 Å². The minimum absolute atomic E-state index is 0.293. The van der Waals surface area contributed by atoms with Crippen LogP contribution < -0.4 is 14.9 Å². The van der Waals surface area contributed by atoms with Gasteiger partial charge >= 0.3 is 5.97 Å². The summed E-state index contributed by atoms with van der Waals surface area (Å²) in [4.78, 5) is 24.4. The van der Waals surface area contributed by atoms with E-state index in [1.165, 1.54) is 13.3 Å². The van der Waals surface area contributed by atoms with E-state index in [9.17, 15) is 9.59 Å². The number of nitrogens with zero attached hydrogens (tertiary/aromatic N) is 1. The molecule has 29 heavy (non-hydrogen) atoms. The number of methoxy groups -OCH3 is 1. The summed E-state index contributed by atoms with van der Waals surface area (Å²) in [6.07, 6.45) is 1.49. The van der Waals surface area contributed by atoms with Crippen LogP contribution in [-0.4, -0.2) is 25.2 Å². The van der Waals surface area contributed by atoms with Crippen LogP contribution in [0.15, 0.2) is 77.9 Å². The smallest absolute Gasteiger partial charge is 0.343 e. The molecule has 0 atom stereocenters. The fourth-order valence-corrected chi connectivity index (χ4v) is 3.09. The molecule has 3 aromatic rings. The summed E-state index contributed by atoms with van der Waals surface area (Å²) in [5.74, 6) is -0.106. The van der Waals surface area contributed by atoms with Crippen molar-refractivity contribution in [1.82, 2.24) is 5.43 Å². The molecule has 1 N–H and O–H groups in total. The summed E-state index contributed by atoms with van der Waals surface area (Å²) in [5.41, 5.74) is 4.15. The van der Waals surface area contributed by atoms with E-state index in [1.807, 2.05) is 18.2 Å². The number of carbonyl (C=O) groups is 2. The number of nitrogens with one attached hydrogen (secondary N) is 1. The SMILES string of the molecule is COc1cc(C=NNC(=O)c2ccccc2I)ccc1OC(=O)c1ccccc1. The Labute approximate surface area is 181 Å². The third-order valence-corrected chi connectivity index (χ3v) is 4.84. The predicted molar refractivity (Wildman–Crippen MR) is 119 cm³/mol. The van der Waals surface area contributed by atoms with Crippen molar-refractivity contribution in [3.05, 3.63) is 93.1 Å². The fraction of sp³-hybridized carbons (Fsp3) is 0.0455. The van der Waals surface area contributed by atoms with Gasteiger partial charge in [0, 0.05) is 3.57 Å². The van der Waals surface area contributed by atoms with Gasteiger partial charge in [0.25, 0.3) is 5.91 Å². The summed E-state index contributed by atoms with van der Waals surface area (Å²) in [6, 6.07) is 20.9. The number of hydrogen-bond acceptors (Lipinski definition) is 5. The van der Waals surface area contributed by atoms with Crippen molar-refractivity contribution in [2.45, 2.75) is 0 Å². The number of ether oxygens (including phenoxy) is 2. The lowest BCUT2D eigenvalue weighted by Crippen LogP contribution is -2.18. The van der Waals surface area contributed by atoms with Crippen LogP contribution in [0.1, 0.15) is 26.3 Å². The molecule has 0 unspecified atom stereocenters. The van der Waals surface area contributed by atoms with Crippen molar-refractivity contribution in [1.29, 1.82) is 0 Å². The second-order valence-electron chi connectivity index (χ2n) is 5.84. The van der Waals surface area contributed by atoms with Crippen molar-refractivity contribution in [2.75, 3.05) is 7.11 Å². The Morgan fingerprint density at radius 2 is 1.69 bits per heavy atom. The van der Waals surface area contributed by atoms with Crippen LogP contribution in [0.25, 0.3) is 0 Å². The van der Waals surface area contributed by atoms with E-state index in [0.717, 1.165) is 3.57 Å². The molecule has 3 rings (SSSR count). The molecule has 0 radical (unpaired) electrons. The van der Waals surface area contributed by atoms with Gasteiger partial charge in [-0.05, 0) is 70.6 Å². The molecule has 3 aromatic carbocycles. The first-order valence-electron chi connectivity index (χ1n) is 8.61. The van der Waals surface area contributed by atoms with Gasteiger partial charge in [0.1, 0.15) is 0 Å². The molecule has 7 heteroatoms. The first-order valence-corrected chi connectivity index (χ1v) is 9.69. The Morgan fingerprint density at radius 3 is 2.41 bits per heavy atom. The highest BCUT2D eigenvalue weighted by Crippen LogP contribution is 2.28. The Bertz CT molecular complexity index is 1050. The summed E-state index contributed by atoms with van der Waals surface area (Å²) < 4.78 is 11.6. The highest BCUT2D eigenvalue weighted by atomic mass is 127. The molecule has 6 nitrogen and oxygen atoms in total. The van der Waals surface area contributed by atoms with Gasteiger partial charge in [-0.2, -0.15) is 5.10 Å². The van der Waals surface area contributed by atoms with E-state index < -0.39 is 5.97 Å². The third-order valence-electron chi connectivity index (χ3n) is 3.90. The summed E-state index contributed by atoms with van der Waals surface area (Å²) >= 11 is 2.09. The topological polar surface area (TPSA) is 77.0 Å². The van der Waals surface area contributed by atoms with Gasteiger partial charge in [-0.25, -0.2) is 10.2 Å². The first kappa shape index (κ1) is 20.5. The van der Waals surface area contributed by atoms with Gasteiger partial charge < -0.3 is 9.47 Å². The van der Waals surface area contributed by atoms with Gasteiger partial charge in [0.15, 0.2) is 11.5 Å². The summed E-state index contributed by atoms with van der Waals surface area (Å²) in [7, 11) is 1.48. The first-order chi connectivity index (χ1) is 14.1. The van der Waals surface area contributed by atoms with E-state index in [2.05, 4.69) is 33.1 Å². The van der Waals surface area contributed by atoms with Gasteiger partial charge in [-0.3, -0.25) is 4.79 Å². The van der Waals surface area contributed by atoms with Gasteiger partial charge in [0.05, 0.1) is 24.5 Å². The number of rotatable bonds is 6. The lowest BCUT2D eigenvalue weighted by Gasteiger charge is -2.10. The average molecular weight is 500 g/mol. The lowest BCUT2D eigenvalue weighted by molar-refractivity contribution is 0.0729. The van der Waals surface area contributed by atoms with Crippen LogP contribution in [0.5, 0.6) is 11.5 Å². The largest absolute Gasteiger partial charge is 0.493 e. The summed E-state index contributed by atoms with van der Waals surface area (Å²) in [6.45, 7) is 0. The zero-order valence-electron chi connectivity index (χ0n) is 15.5. The predicted octanol–water partition coefficient (Wildman–Crippen LogP) is 4.28. The fourth-order valence-electron chi connectivity index (χ4n) is 2.45. The number of benzene rings is 3. The summed E-state index contributed by atoms with van der Waals surface area (Å²) in [5, 5.41) is 3.98. The highest BCUT2D eigenvalue weighted by Gasteiger charge is 2.12. The van der Waals surface area contributed by atoms with Crippen LogP contribution in [-0.2, 0) is 0 Å². The highest BCUT2D eigenvalue weighted by molar-refractivity contribution is 14.1. The number of amides is 1. The van der Waals surface area contributed by atoms with E-state index in [0.29, 0.717) is 28.2 Å². The zero-order valence-corrected chi connectivity index (χ0v) is 17.6. The number of halogens is 1.